The highest BCUT2D eigenvalue weighted by molar-refractivity contribution is 5.80. The Balaban J connectivity index is 1.87. The molecule has 0 aromatic rings. The van der Waals surface area contributed by atoms with Gasteiger partial charge < -0.3 is 20.1 Å². The van der Waals surface area contributed by atoms with Gasteiger partial charge in [-0.2, -0.15) is 0 Å². The Labute approximate surface area is 108 Å². The number of aliphatic hydroxyl groups is 1. The zero-order chi connectivity index (χ0) is 13.0. The lowest BCUT2D eigenvalue weighted by molar-refractivity contribution is -0.137. The molecule has 0 saturated carbocycles. The Hall–Kier alpha value is -0.650. The first-order valence-electron chi connectivity index (χ1n) is 6.97. The van der Waals surface area contributed by atoms with Crippen LogP contribution < -0.4 is 5.32 Å². The number of rotatable bonds is 4. The van der Waals surface area contributed by atoms with E-state index in [1.54, 1.807) is 0 Å². The molecule has 0 aromatic heterocycles. The molecule has 0 aromatic carbocycles. The minimum atomic E-state index is -0.0318. The van der Waals surface area contributed by atoms with Gasteiger partial charge in [-0.1, -0.05) is 6.92 Å². The second-order valence-corrected chi connectivity index (χ2v) is 5.26. The van der Waals surface area contributed by atoms with Crippen LogP contribution in [0, 0.1) is 11.8 Å². The molecule has 1 amide bonds. The Bertz CT molecular complexity index is 277. The molecular weight excluding hydrogens is 232 g/mol. The van der Waals surface area contributed by atoms with Gasteiger partial charge in [0.25, 0.3) is 0 Å². The minimum Gasteiger partial charge on any atom is -0.396 e. The van der Waals surface area contributed by atoms with Crippen molar-refractivity contribution in [3.05, 3.63) is 0 Å². The van der Waals surface area contributed by atoms with Crippen LogP contribution in [0.5, 0.6) is 0 Å². The van der Waals surface area contributed by atoms with Gasteiger partial charge in [-0.3, -0.25) is 4.79 Å². The number of carbonyl (C=O) groups excluding carboxylic acids is 1. The Morgan fingerprint density at radius 2 is 2.11 bits per heavy atom. The largest absolute Gasteiger partial charge is 0.396 e. The molecular formula is C13H24N2O3. The van der Waals surface area contributed by atoms with Gasteiger partial charge in [0.05, 0.1) is 19.1 Å². The molecule has 0 bridgehead atoms. The number of hydrogen-bond donors (Lipinski definition) is 2. The summed E-state index contributed by atoms with van der Waals surface area (Å²) in [5.41, 5.74) is 0. The highest BCUT2D eigenvalue weighted by atomic mass is 16.5. The van der Waals surface area contributed by atoms with Crippen LogP contribution in [-0.4, -0.2) is 61.4 Å². The number of piperidine rings is 1. The van der Waals surface area contributed by atoms with Crippen molar-refractivity contribution in [3.8, 4) is 0 Å². The van der Waals surface area contributed by atoms with Crippen molar-refractivity contribution in [3.63, 3.8) is 0 Å². The van der Waals surface area contributed by atoms with E-state index in [9.17, 15) is 4.79 Å². The predicted molar refractivity (Wildman–Crippen MR) is 68.2 cm³/mol. The molecule has 5 heteroatoms. The van der Waals surface area contributed by atoms with E-state index in [-0.39, 0.29) is 24.5 Å². The number of carbonyl (C=O) groups is 1. The molecule has 2 atom stereocenters. The second-order valence-electron chi connectivity index (χ2n) is 5.26. The third-order valence-electron chi connectivity index (χ3n) is 4.05. The second kappa shape index (κ2) is 6.50. The van der Waals surface area contributed by atoms with E-state index >= 15 is 0 Å². The van der Waals surface area contributed by atoms with E-state index in [4.69, 9.17) is 9.84 Å². The highest BCUT2D eigenvalue weighted by Gasteiger charge is 2.37. The van der Waals surface area contributed by atoms with Gasteiger partial charge in [0, 0.05) is 25.7 Å². The fraction of sp³-hybridized carbons (Fsp3) is 0.923. The summed E-state index contributed by atoms with van der Waals surface area (Å²) < 4.78 is 5.43. The summed E-state index contributed by atoms with van der Waals surface area (Å²) in [5, 5.41) is 12.4. The highest BCUT2D eigenvalue weighted by Crippen LogP contribution is 2.22. The topological polar surface area (TPSA) is 61.8 Å². The molecule has 2 N–H and O–H groups in total. The summed E-state index contributed by atoms with van der Waals surface area (Å²) in [6.07, 6.45) is 1.84. The maximum Gasteiger partial charge on any atom is 0.229 e. The molecule has 0 spiro atoms. The first kappa shape index (κ1) is 13.8. The lowest BCUT2D eigenvalue weighted by Crippen LogP contribution is -2.48. The summed E-state index contributed by atoms with van der Waals surface area (Å²) in [6, 6.07) is 0.165. The van der Waals surface area contributed by atoms with Gasteiger partial charge in [0.15, 0.2) is 0 Å². The van der Waals surface area contributed by atoms with Crippen LogP contribution >= 0.6 is 0 Å². The zero-order valence-electron chi connectivity index (χ0n) is 11.1. The number of likely N-dealkylation sites (tertiary alicyclic amines) is 1. The first-order valence-corrected chi connectivity index (χ1v) is 6.97. The molecule has 2 aliphatic heterocycles. The fourth-order valence-corrected chi connectivity index (χ4v) is 2.83. The SMILES string of the molecule is CCNC1COCC1C(=O)N1CCC(CO)CC1. The van der Waals surface area contributed by atoms with Crippen LogP contribution in [0.4, 0.5) is 0 Å². The average Bonchev–Trinajstić information content (AvgIpc) is 2.87. The van der Waals surface area contributed by atoms with E-state index < -0.39 is 0 Å². The molecule has 2 saturated heterocycles. The van der Waals surface area contributed by atoms with E-state index in [0.717, 1.165) is 32.5 Å². The van der Waals surface area contributed by atoms with Crippen LogP contribution in [0.3, 0.4) is 0 Å². The number of hydrogen-bond acceptors (Lipinski definition) is 4. The average molecular weight is 256 g/mol. The standard InChI is InChI=1S/C13H24N2O3/c1-2-14-12-9-18-8-11(12)13(17)15-5-3-10(7-16)4-6-15/h10-12,14,16H,2-9H2,1H3. The molecule has 5 nitrogen and oxygen atoms in total. The van der Waals surface area contributed by atoms with Gasteiger partial charge in [-0.25, -0.2) is 0 Å². The molecule has 2 heterocycles. The number of aliphatic hydroxyl groups excluding tert-OH is 1. The zero-order valence-corrected chi connectivity index (χ0v) is 11.1. The maximum atomic E-state index is 12.4. The van der Waals surface area contributed by atoms with Crippen molar-refractivity contribution < 1.29 is 14.6 Å². The van der Waals surface area contributed by atoms with Crippen LogP contribution in [-0.2, 0) is 9.53 Å². The molecule has 2 aliphatic rings. The first-order chi connectivity index (χ1) is 8.76. The van der Waals surface area contributed by atoms with E-state index in [2.05, 4.69) is 5.32 Å². The third kappa shape index (κ3) is 3.02. The molecule has 2 unspecified atom stereocenters. The minimum absolute atomic E-state index is 0.0318. The summed E-state index contributed by atoms with van der Waals surface area (Å²) in [6.45, 7) is 5.89. The summed E-state index contributed by atoms with van der Waals surface area (Å²) >= 11 is 0. The smallest absolute Gasteiger partial charge is 0.229 e. The predicted octanol–water partition coefficient (Wildman–Crippen LogP) is -0.158. The third-order valence-corrected chi connectivity index (χ3v) is 4.05. The number of amides is 1. The summed E-state index contributed by atoms with van der Waals surface area (Å²) in [5.74, 6) is 0.559. The van der Waals surface area contributed by atoms with Crippen molar-refractivity contribution in [1.82, 2.24) is 10.2 Å². The van der Waals surface area contributed by atoms with E-state index in [1.165, 1.54) is 0 Å². The maximum absolute atomic E-state index is 12.4. The number of likely N-dealkylation sites (N-methyl/N-ethyl adjacent to an activating group) is 1. The molecule has 2 rings (SSSR count). The Kier molecular flexibility index (Phi) is 4.97. The lowest BCUT2D eigenvalue weighted by Gasteiger charge is -2.33. The van der Waals surface area contributed by atoms with Crippen molar-refractivity contribution in [2.45, 2.75) is 25.8 Å². The molecule has 18 heavy (non-hydrogen) atoms. The van der Waals surface area contributed by atoms with Crippen molar-refractivity contribution in [1.29, 1.82) is 0 Å². The van der Waals surface area contributed by atoms with Crippen molar-refractivity contribution in [2.24, 2.45) is 11.8 Å². The van der Waals surface area contributed by atoms with Gasteiger partial charge in [0.1, 0.15) is 0 Å². The van der Waals surface area contributed by atoms with Gasteiger partial charge in [-0.15, -0.1) is 0 Å². The monoisotopic (exact) mass is 256 g/mol. The number of ether oxygens (including phenoxy) is 1. The summed E-state index contributed by atoms with van der Waals surface area (Å²) in [4.78, 5) is 14.4. The molecule has 2 fully saturated rings. The Morgan fingerprint density at radius 3 is 2.72 bits per heavy atom. The van der Waals surface area contributed by atoms with Crippen LogP contribution in [0.2, 0.25) is 0 Å². The van der Waals surface area contributed by atoms with Crippen LogP contribution in [0.1, 0.15) is 19.8 Å². The van der Waals surface area contributed by atoms with Crippen LogP contribution in [0.15, 0.2) is 0 Å². The normalized spacial score (nSPS) is 29.8. The number of nitrogens with zero attached hydrogens (tertiary/aromatic N) is 1. The van der Waals surface area contributed by atoms with Gasteiger partial charge in [0.2, 0.25) is 5.91 Å². The summed E-state index contributed by atoms with van der Waals surface area (Å²) in [7, 11) is 0. The van der Waals surface area contributed by atoms with Crippen molar-refractivity contribution in [2.75, 3.05) is 39.5 Å². The molecule has 0 radical (unpaired) electrons. The van der Waals surface area contributed by atoms with Crippen molar-refractivity contribution >= 4 is 5.91 Å². The quantitative estimate of drug-likeness (QED) is 0.734. The van der Waals surface area contributed by atoms with Crippen LogP contribution in [0.25, 0.3) is 0 Å². The lowest BCUT2D eigenvalue weighted by atomic mass is 9.95. The van der Waals surface area contributed by atoms with Gasteiger partial charge in [-0.05, 0) is 25.3 Å². The fourth-order valence-electron chi connectivity index (χ4n) is 2.83. The van der Waals surface area contributed by atoms with Gasteiger partial charge >= 0.3 is 0 Å². The Morgan fingerprint density at radius 1 is 1.39 bits per heavy atom. The van der Waals surface area contributed by atoms with E-state index in [0.29, 0.717) is 19.1 Å². The molecule has 104 valence electrons. The van der Waals surface area contributed by atoms with E-state index in [1.807, 2.05) is 11.8 Å². The number of nitrogens with one attached hydrogen (secondary N) is 1. The molecule has 0 aliphatic carbocycles.